The molecule has 0 aliphatic carbocycles. The second-order valence-corrected chi connectivity index (χ2v) is 3.50. The zero-order valence-electron chi connectivity index (χ0n) is 7.51. The molecule has 2 nitrogen and oxygen atoms in total. The summed E-state index contributed by atoms with van der Waals surface area (Å²) in [5.74, 6) is -0.319. The van der Waals surface area contributed by atoms with Crippen LogP contribution in [0.5, 0.6) is 0 Å². The predicted molar refractivity (Wildman–Crippen MR) is 53.7 cm³/mol. The van der Waals surface area contributed by atoms with E-state index >= 15 is 0 Å². The molecule has 0 radical (unpaired) electrons. The van der Waals surface area contributed by atoms with Crippen LogP contribution in [0.3, 0.4) is 0 Å². The first-order valence-corrected chi connectivity index (χ1v) is 4.52. The monoisotopic (exact) mass is 210 g/mol. The molecule has 0 bridgehead atoms. The van der Waals surface area contributed by atoms with Gasteiger partial charge >= 0.3 is 0 Å². The van der Waals surface area contributed by atoms with Gasteiger partial charge in [0.15, 0.2) is 0 Å². The number of benzene rings is 1. The maximum atomic E-state index is 13.4. The van der Waals surface area contributed by atoms with Crippen LogP contribution in [0.4, 0.5) is 4.39 Å². The van der Waals surface area contributed by atoms with Gasteiger partial charge in [0.05, 0.1) is 5.69 Å². The van der Waals surface area contributed by atoms with Crippen LogP contribution in [-0.4, -0.2) is 10.2 Å². The zero-order valence-corrected chi connectivity index (χ0v) is 8.27. The minimum absolute atomic E-state index is 0.319. The Morgan fingerprint density at radius 1 is 1.36 bits per heavy atom. The van der Waals surface area contributed by atoms with Crippen LogP contribution >= 0.6 is 11.6 Å². The Bertz CT molecular complexity index is 465. The number of rotatable bonds is 1. The molecule has 0 aliphatic rings. The lowest BCUT2D eigenvalue weighted by molar-refractivity contribution is 0.630. The van der Waals surface area contributed by atoms with Crippen LogP contribution in [0, 0.1) is 12.7 Å². The Labute approximate surface area is 85.7 Å². The Balaban J connectivity index is 2.55. The molecule has 0 fully saturated rings. The van der Waals surface area contributed by atoms with Gasteiger partial charge in [0, 0.05) is 16.3 Å². The molecule has 1 aromatic carbocycles. The largest absolute Gasteiger partial charge is 0.282 e. The first-order valence-electron chi connectivity index (χ1n) is 4.14. The fourth-order valence-electron chi connectivity index (χ4n) is 1.25. The van der Waals surface area contributed by atoms with Gasteiger partial charge < -0.3 is 0 Å². The summed E-state index contributed by atoms with van der Waals surface area (Å²) in [6.45, 7) is 1.86. The van der Waals surface area contributed by atoms with E-state index in [1.54, 1.807) is 12.1 Å². The van der Waals surface area contributed by atoms with Crippen LogP contribution in [0.25, 0.3) is 11.3 Å². The van der Waals surface area contributed by atoms with Gasteiger partial charge in [-0.2, -0.15) is 5.10 Å². The number of hydrogen-bond acceptors (Lipinski definition) is 1. The lowest BCUT2D eigenvalue weighted by Gasteiger charge is -1.98. The van der Waals surface area contributed by atoms with Crippen molar-refractivity contribution >= 4 is 11.6 Å². The summed E-state index contributed by atoms with van der Waals surface area (Å²) in [5.41, 5.74) is 1.88. The molecule has 0 aliphatic heterocycles. The molecular weight excluding hydrogens is 203 g/mol. The number of nitrogens with zero attached hydrogens (tertiary/aromatic N) is 1. The van der Waals surface area contributed by atoms with E-state index in [9.17, 15) is 4.39 Å². The van der Waals surface area contributed by atoms with Gasteiger partial charge in [-0.25, -0.2) is 4.39 Å². The average Bonchev–Trinajstić information content (AvgIpc) is 2.56. The van der Waals surface area contributed by atoms with Crippen LogP contribution in [0.1, 0.15) is 5.69 Å². The summed E-state index contributed by atoms with van der Waals surface area (Å²) in [6.07, 6.45) is 0. The molecule has 1 aromatic heterocycles. The smallest absolute Gasteiger partial charge is 0.132 e. The van der Waals surface area contributed by atoms with Crippen molar-refractivity contribution in [1.29, 1.82) is 0 Å². The highest BCUT2D eigenvalue weighted by molar-refractivity contribution is 6.30. The molecule has 1 heterocycles. The highest BCUT2D eigenvalue weighted by Gasteiger charge is 2.08. The van der Waals surface area contributed by atoms with Gasteiger partial charge in [-0.3, -0.25) is 5.10 Å². The molecule has 2 rings (SSSR count). The second kappa shape index (κ2) is 3.42. The summed E-state index contributed by atoms with van der Waals surface area (Å²) in [5, 5.41) is 7.22. The van der Waals surface area contributed by atoms with E-state index < -0.39 is 0 Å². The molecule has 0 atom stereocenters. The number of halogens is 2. The summed E-state index contributed by atoms with van der Waals surface area (Å²) in [6, 6.07) is 6.18. The average molecular weight is 211 g/mol. The van der Waals surface area contributed by atoms with Crippen molar-refractivity contribution in [1.82, 2.24) is 10.2 Å². The summed E-state index contributed by atoms with van der Waals surface area (Å²) < 4.78 is 13.4. The lowest BCUT2D eigenvalue weighted by Crippen LogP contribution is -1.84. The van der Waals surface area contributed by atoms with Crippen molar-refractivity contribution < 1.29 is 4.39 Å². The quantitative estimate of drug-likeness (QED) is 0.770. The lowest BCUT2D eigenvalue weighted by atomic mass is 10.1. The highest BCUT2D eigenvalue weighted by Crippen LogP contribution is 2.24. The summed E-state index contributed by atoms with van der Waals surface area (Å²) in [4.78, 5) is 0. The number of aryl methyl sites for hydroxylation is 1. The van der Waals surface area contributed by atoms with Gasteiger partial charge in [0.1, 0.15) is 5.82 Å². The van der Waals surface area contributed by atoms with Crippen LogP contribution in [-0.2, 0) is 0 Å². The Hall–Kier alpha value is -1.35. The van der Waals surface area contributed by atoms with Crippen LogP contribution < -0.4 is 0 Å². The van der Waals surface area contributed by atoms with E-state index in [0.717, 1.165) is 5.69 Å². The molecule has 14 heavy (non-hydrogen) atoms. The van der Waals surface area contributed by atoms with E-state index in [1.807, 2.05) is 6.92 Å². The van der Waals surface area contributed by atoms with Gasteiger partial charge in [-0.1, -0.05) is 11.6 Å². The third-order valence-electron chi connectivity index (χ3n) is 1.91. The number of aromatic nitrogens is 2. The van der Waals surface area contributed by atoms with Crippen molar-refractivity contribution in [2.75, 3.05) is 0 Å². The van der Waals surface area contributed by atoms with Gasteiger partial charge in [-0.05, 0) is 31.2 Å². The van der Waals surface area contributed by atoms with E-state index in [-0.39, 0.29) is 5.82 Å². The van der Waals surface area contributed by atoms with Crippen molar-refractivity contribution in [2.45, 2.75) is 6.92 Å². The minimum atomic E-state index is -0.319. The Kier molecular flexibility index (Phi) is 2.25. The summed E-state index contributed by atoms with van der Waals surface area (Å²) in [7, 11) is 0. The molecule has 0 spiro atoms. The van der Waals surface area contributed by atoms with E-state index in [0.29, 0.717) is 16.3 Å². The predicted octanol–water partition coefficient (Wildman–Crippen LogP) is 3.18. The normalized spacial score (nSPS) is 10.5. The molecule has 4 heteroatoms. The van der Waals surface area contributed by atoms with Crippen LogP contribution in [0.15, 0.2) is 24.3 Å². The van der Waals surface area contributed by atoms with Gasteiger partial charge in [0.25, 0.3) is 0 Å². The zero-order chi connectivity index (χ0) is 10.1. The topological polar surface area (TPSA) is 28.7 Å². The molecule has 0 saturated carbocycles. The second-order valence-electron chi connectivity index (χ2n) is 3.06. The molecule has 0 unspecified atom stereocenters. The van der Waals surface area contributed by atoms with Crippen molar-refractivity contribution in [3.63, 3.8) is 0 Å². The maximum Gasteiger partial charge on any atom is 0.132 e. The van der Waals surface area contributed by atoms with E-state index in [2.05, 4.69) is 10.2 Å². The third-order valence-corrected chi connectivity index (χ3v) is 2.15. The van der Waals surface area contributed by atoms with Crippen LogP contribution in [0.2, 0.25) is 5.02 Å². The molecule has 2 aromatic rings. The highest BCUT2D eigenvalue weighted by atomic mass is 35.5. The fraction of sp³-hybridized carbons (Fsp3) is 0.100. The molecular formula is C10H8ClFN2. The maximum absolute atomic E-state index is 13.4. The Morgan fingerprint density at radius 3 is 2.79 bits per heavy atom. The minimum Gasteiger partial charge on any atom is -0.282 e. The molecule has 0 amide bonds. The number of H-pyrrole nitrogens is 1. The first kappa shape index (κ1) is 9.21. The van der Waals surface area contributed by atoms with Gasteiger partial charge in [-0.15, -0.1) is 0 Å². The summed E-state index contributed by atoms with van der Waals surface area (Å²) >= 11 is 5.77. The molecule has 1 N–H and O–H groups in total. The standard InChI is InChI=1S/C10H8ClFN2/c1-6-4-10(14-13-6)8-5-7(11)2-3-9(8)12/h2-5H,1H3,(H,13,14). The first-order chi connectivity index (χ1) is 6.66. The van der Waals surface area contributed by atoms with Crippen molar-refractivity contribution in [3.8, 4) is 11.3 Å². The van der Waals surface area contributed by atoms with Gasteiger partial charge in [0.2, 0.25) is 0 Å². The SMILES string of the molecule is Cc1cc(-c2cc(Cl)ccc2F)n[nH]1. The molecule has 72 valence electrons. The Morgan fingerprint density at radius 2 is 2.14 bits per heavy atom. The van der Waals surface area contributed by atoms with E-state index in [4.69, 9.17) is 11.6 Å². The molecule has 0 saturated heterocycles. The van der Waals surface area contributed by atoms with E-state index in [1.165, 1.54) is 12.1 Å². The van der Waals surface area contributed by atoms with Crippen molar-refractivity contribution in [2.24, 2.45) is 0 Å². The third kappa shape index (κ3) is 1.63. The number of nitrogens with one attached hydrogen (secondary N) is 1. The fourth-order valence-corrected chi connectivity index (χ4v) is 1.42. The number of hydrogen-bond donors (Lipinski definition) is 1. The number of aromatic amines is 1. The van der Waals surface area contributed by atoms with Crippen molar-refractivity contribution in [3.05, 3.63) is 40.8 Å².